The minimum absolute atomic E-state index is 0.00647. The van der Waals surface area contributed by atoms with Crippen molar-refractivity contribution in [1.29, 1.82) is 0 Å². The Morgan fingerprint density at radius 1 is 1.12 bits per heavy atom. The van der Waals surface area contributed by atoms with E-state index in [4.69, 9.17) is 0 Å². The number of aromatic nitrogens is 1. The number of pyridine rings is 1. The molecule has 0 bridgehead atoms. The summed E-state index contributed by atoms with van der Waals surface area (Å²) >= 11 is 0. The second-order valence-electron chi connectivity index (χ2n) is 5.20. The number of rotatable bonds is 2. The highest BCUT2D eigenvalue weighted by molar-refractivity contribution is 5.94. The number of hydrogen-bond donors (Lipinski definition) is 1. The number of carboxylic acid groups (broad SMARTS) is 1. The third-order valence-corrected chi connectivity index (χ3v) is 3.71. The van der Waals surface area contributed by atoms with E-state index in [0.29, 0.717) is 16.2 Å². The highest BCUT2D eigenvalue weighted by Gasteiger charge is 2.25. The molecule has 2 aromatic carbocycles. The summed E-state index contributed by atoms with van der Waals surface area (Å²) in [6.45, 7) is 1.55. The van der Waals surface area contributed by atoms with E-state index in [1.54, 1.807) is 13.0 Å². The first-order valence-electron chi connectivity index (χ1n) is 6.85. The van der Waals surface area contributed by atoms with E-state index in [0.717, 1.165) is 12.1 Å². The number of fused-ring (bicyclic) bond motifs is 1. The fraction of sp³-hybridized carbons (Fsp3) is 0.0588. The van der Waals surface area contributed by atoms with Gasteiger partial charge in [0.1, 0.15) is 11.6 Å². The Kier molecular flexibility index (Phi) is 3.63. The second kappa shape index (κ2) is 5.52. The third kappa shape index (κ3) is 2.25. The zero-order valence-corrected chi connectivity index (χ0v) is 12.3. The van der Waals surface area contributed by atoms with Crippen LogP contribution in [0.3, 0.4) is 0 Å². The molecule has 0 saturated heterocycles. The minimum Gasteiger partial charge on any atom is -0.477 e. The van der Waals surface area contributed by atoms with Gasteiger partial charge in [0.15, 0.2) is 5.56 Å². The molecule has 3 aromatic rings. The minimum atomic E-state index is -1.76. The highest BCUT2D eigenvalue weighted by atomic mass is 19.1. The van der Waals surface area contributed by atoms with Crippen molar-refractivity contribution in [2.45, 2.75) is 6.92 Å². The SMILES string of the molecule is Cc1cccc2c1c(=O)c(C(=O)O)c(F)n2-c1ccc(F)cc1F. The van der Waals surface area contributed by atoms with Gasteiger partial charge in [-0.05, 0) is 30.7 Å². The van der Waals surface area contributed by atoms with Crippen LogP contribution in [-0.2, 0) is 0 Å². The standard InChI is InChI=1S/C17H10F3NO3/c1-8-3-2-4-12-13(8)15(22)14(17(23)24)16(20)21(12)11-6-5-9(18)7-10(11)19/h2-7H,1H3,(H,23,24). The van der Waals surface area contributed by atoms with Gasteiger partial charge in [-0.15, -0.1) is 0 Å². The van der Waals surface area contributed by atoms with Crippen LogP contribution in [0.15, 0.2) is 41.2 Å². The maximum absolute atomic E-state index is 14.7. The molecule has 0 aliphatic heterocycles. The molecule has 3 rings (SSSR count). The molecule has 0 aliphatic rings. The lowest BCUT2D eigenvalue weighted by molar-refractivity contribution is 0.0689. The molecule has 1 heterocycles. The molecule has 0 aliphatic carbocycles. The van der Waals surface area contributed by atoms with E-state index in [-0.39, 0.29) is 10.9 Å². The van der Waals surface area contributed by atoms with Gasteiger partial charge in [0.2, 0.25) is 11.4 Å². The molecule has 7 heteroatoms. The van der Waals surface area contributed by atoms with Crippen molar-refractivity contribution in [3.63, 3.8) is 0 Å². The van der Waals surface area contributed by atoms with Crippen molar-refractivity contribution in [2.75, 3.05) is 0 Å². The van der Waals surface area contributed by atoms with Crippen LogP contribution in [-0.4, -0.2) is 15.6 Å². The van der Waals surface area contributed by atoms with Gasteiger partial charge < -0.3 is 5.11 Å². The lowest BCUT2D eigenvalue weighted by Gasteiger charge is -2.16. The molecule has 1 N–H and O–H groups in total. The van der Waals surface area contributed by atoms with Gasteiger partial charge in [-0.1, -0.05) is 12.1 Å². The largest absolute Gasteiger partial charge is 0.477 e. The van der Waals surface area contributed by atoms with Gasteiger partial charge in [-0.2, -0.15) is 4.39 Å². The second-order valence-corrected chi connectivity index (χ2v) is 5.20. The molecule has 0 fully saturated rings. The molecule has 0 radical (unpaired) electrons. The summed E-state index contributed by atoms with van der Waals surface area (Å²) in [6, 6.07) is 6.88. The molecule has 0 atom stereocenters. The molecule has 0 spiro atoms. The quantitative estimate of drug-likeness (QED) is 0.731. The summed E-state index contributed by atoms with van der Waals surface area (Å²) in [6.07, 6.45) is 0. The Hall–Kier alpha value is -3.09. The van der Waals surface area contributed by atoms with Gasteiger partial charge in [0.05, 0.1) is 16.6 Å². The van der Waals surface area contributed by atoms with Crippen molar-refractivity contribution in [3.05, 3.63) is 75.3 Å². The van der Waals surface area contributed by atoms with Crippen LogP contribution in [0.1, 0.15) is 15.9 Å². The van der Waals surface area contributed by atoms with Crippen LogP contribution in [0.4, 0.5) is 13.2 Å². The Labute approximate surface area is 133 Å². The molecule has 0 saturated carbocycles. The monoisotopic (exact) mass is 333 g/mol. The topological polar surface area (TPSA) is 59.3 Å². The van der Waals surface area contributed by atoms with Gasteiger partial charge in [-0.25, -0.2) is 13.6 Å². The predicted molar refractivity (Wildman–Crippen MR) is 81.1 cm³/mol. The Bertz CT molecular complexity index is 1060. The van der Waals surface area contributed by atoms with Crippen LogP contribution < -0.4 is 5.43 Å². The zero-order valence-electron chi connectivity index (χ0n) is 12.3. The normalized spacial score (nSPS) is 11.0. The first-order valence-corrected chi connectivity index (χ1v) is 6.85. The van der Waals surface area contributed by atoms with Crippen LogP contribution in [0.25, 0.3) is 16.6 Å². The smallest absolute Gasteiger partial charge is 0.344 e. The van der Waals surface area contributed by atoms with E-state index in [9.17, 15) is 27.9 Å². The molecule has 4 nitrogen and oxygen atoms in total. The van der Waals surface area contributed by atoms with E-state index in [1.807, 2.05) is 0 Å². The molecule has 0 amide bonds. The summed E-state index contributed by atoms with van der Waals surface area (Å²) in [4.78, 5) is 23.7. The van der Waals surface area contributed by atoms with Gasteiger partial charge in [0.25, 0.3) is 0 Å². The third-order valence-electron chi connectivity index (χ3n) is 3.71. The number of carboxylic acids is 1. The van der Waals surface area contributed by atoms with Crippen LogP contribution in [0.5, 0.6) is 0 Å². The van der Waals surface area contributed by atoms with Gasteiger partial charge >= 0.3 is 5.97 Å². The van der Waals surface area contributed by atoms with E-state index >= 15 is 0 Å². The summed E-state index contributed by atoms with van der Waals surface area (Å²) in [7, 11) is 0. The highest BCUT2D eigenvalue weighted by Crippen LogP contribution is 2.25. The van der Waals surface area contributed by atoms with Gasteiger partial charge in [0, 0.05) is 6.07 Å². The van der Waals surface area contributed by atoms with Crippen molar-refractivity contribution in [2.24, 2.45) is 0 Å². The summed E-state index contributed by atoms with van der Waals surface area (Å²) < 4.78 is 42.7. The van der Waals surface area contributed by atoms with E-state index < -0.39 is 40.2 Å². The number of benzene rings is 2. The van der Waals surface area contributed by atoms with E-state index in [1.165, 1.54) is 12.1 Å². The maximum atomic E-state index is 14.7. The zero-order chi connectivity index (χ0) is 17.6. The maximum Gasteiger partial charge on any atom is 0.344 e. The molecular formula is C17H10F3NO3. The summed E-state index contributed by atoms with van der Waals surface area (Å²) in [5, 5.41) is 9.13. The fourth-order valence-electron chi connectivity index (χ4n) is 2.65. The van der Waals surface area contributed by atoms with E-state index in [2.05, 4.69) is 0 Å². The molecule has 24 heavy (non-hydrogen) atoms. The van der Waals surface area contributed by atoms with Crippen molar-refractivity contribution >= 4 is 16.9 Å². The first-order chi connectivity index (χ1) is 11.3. The number of aryl methyl sites for hydroxylation is 1. The predicted octanol–water partition coefficient (Wildman–Crippen LogP) is 3.41. The van der Waals surface area contributed by atoms with Crippen molar-refractivity contribution in [3.8, 4) is 5.69 Å². The number of halogens is 3. The number of nitrogens with zero attached hydrogens (tertiary/aromatic N) is 1. The summed E-state index contributed by atoms with van der Waals surface area (Å²) in [5.41, 5.74) is -2.08. The van der Waals surface area contributed by atoms with Crippen LogP contribution in [0.2, 0.25) is 0 Å². The van der Waals surface area contributed by atoms with Crippen molar-refractivity contribution in [1.82, 2.24) is 4.57 Å². The molecule has 1 aromatic heterocycles. The molecule has 122 valence electrons. The number of aromatic carboxylic acids is 1. The fourth-order valence-corrected chi connectivity index (χ4v) is 2.65. The van der Waals surface area contributed by atoms with Crippen LogP contribution in [0, 0.1) is 24.5 Å². The molecule has 0 unspecified atom stereocenters. The average molecular weight is 333 g/mol. The Balaban J connectivity index is 2.59. The van der Waals surface area contributed by atoms with Gasteiger partial charge in [-0.3, -0.25) is 9.36 Å². The van der Waals surface area contributed by atoms with Crippen molar-refractivity contribution < 1.29 is 23.1 Å². The molecular weight excluding hydrogens is 323 g/mol. The Morgan fingerprint density at radius 2 is 1.83 bits per heavy atom. The first kappa shape index (κ1) is 15.8. The van der Waals surface area contributed by atoms with Crippen LogP contribution >= 0.6 is 0 Å². The number of carbonyl (C=O) groups is 1. The average Bonchev–Trinajstić information content (AvgIpc) is 2.48. The lowest BCUT2D eigenvalue weighted by Crippen LogP contribution is -2.24. The Morgan fingerprint density at radius 3 is 2.46 bits per heavy atom. The number of hydrogen-bond acceptors (Lipinski definition) is 2. The lowest BCUT2D eigenvalue weighted by atomic mass is 10.1. The summed E-state index contributed by atoms with van der Waals surface area (Å²) in [5.74, 6) is -5.14.